The van der Waals surface area contributed by atoms with Crippen LogP contribution in [0.5, 0.6) is 11.6 Å². The van der Waals surface area contributed by atoms with Crippen LogP contribution in [-0.4, -0.2) is 68.2 Å². The number of halogens is 2. The van der Waals surface area contributed by atoms with Crippen LogP contribution >= 0.6 is 11.6 Å². The highest BCUT2D eigenvalue weighted by Gasteiger charge is 2.41. The molecule has 0 radical (unpaired) electrons. The molecule has 3 atom stereocenters. The second-order valence-electron chi connectivity index (χ2n) is 9.05. The van der Waals surface area contributed by atoms with Crippen molar-refractivity contribution in [2.45, 2.75) is 44.4 Å². The molecule has 0 unspecified atom stereocenters. The number of carbonyl (C=O) groups is 1. The first-order valence-corrected chi connectivity index (χ1v) is 12.1. The van der Waals surface area contributed by atoms with Gasteiger partial charge in [0.05, 0.1) is 42.2 Å². The van der Waals surface area contributed by atoms with Crippen molar-refractivity contribution in [3.05, 3.63) is 41.3 Å². The summed E-state index contributed by atoms with van der Waals surface area (Å²) in [7, 11) is 3.16. The van der Waals surface area contributed by atoms with E-state index in [9.17, 15) is 9.90 Å². The van der Waals surface area contributed by atoms with Gasteiger partial charge >= 0.3 is 5.97 Å². The SMILES string of the molecule is COc1cc(N2CCC(Oc3ccc(N4C[C@H](OC)[C@@H](C)[C@@H]4CC(=O)O)c(F)c3)CC2)c(Cl)cn1. The Balaban J connectivity index is 1.40. The molecule has 190 valence electrons. The fourth-order valence-electron chi connectivity index (χ4n) is 5.03. The van der Waals surface area contributed by atoms with Gasteiger partial charge in [-0.1, -0.05) is 18.5 Å². The number of benzene rings is 1. The normalized spacial score (nSPS) is 22.9. The molecule has 0 saturated carbocycles. The lowest BCUT2D eigenvalue weighted by atomic mass is 9.97. The van der Waals surface area contributed by atoms with Gasteiger partial charge in [0.15, 0.2) is 0 Å². The molecule has 2 aromatic rings. The van der Waals surface area contributed by atoms with Gasteiger partial charge in [-0.2, -0.15) is 0 Å². The zero-order valence-corrected chi connectivity index (χ0v) is 20.9. The summed E-state index contributed by atoms with van der Waals surface area (Å²) in [5, 5.41) is 9.91. The second-order valence-corrected chi connectivity index (χ2v) is 9.45. The van der Waals surface area contributed by atoms with Gasteiger partial charge in [-0.15, -0.1) is 0 Å². The Morgan fingerprint density at radius 3 is 2.60 bits per heavy atom. The van der Waals surface area contributed by atoms with E-state index in [1.807, 2.05) is 13.0 Å². The van der Waals surface area contributed by atoms with Crippen LogP contribution in [0.25, 0.3) is 0 Å². The number of hydrogen-bond donors (Lipinski definition) is 1. The number of carboxylic acids is 1. The molecule has 2 saturated heterocycles. The molecule has 2 aliphatic rings. The smallest absolute Gasteiger partial charge is 0.305 e. The third kappa shape index (κ3) is 5.56. The molecule has 0 bridgehead atoms. The fourth-order valence-corrected chi connectivity index (χ4v) is 5.26. The van der Waals surface area contributed by atoms with E-state index in [-0.39, 0.29) is 30.6 Å². The predicted molar refractivity (Wildman–Crippen MR) is 131 cm³/mol. The van der Waals surface area contributed by atoms with Crippen molar-refractivity contribution >= 4 is 28.9 Å². The number of rotatable bonds is 8. The Morgan fingerprint density at radius 2 is 1.97 bits per heavy atom. The number of aromatic nitrogens is 1. The lowest BCUT2D eigenvalue weighted by Gasteiger charge is -2.34. The summed E-state index contributed by atoms with van der Waals surface area (Å²) in [4.78, 5) is 19.5. The highest BCUT2D eigenvalue weighted by Crippen LogP contribution is 2.36. The molecule has 4 rings (SSSR count). The maximum atomic E-state index is 15.2. The van der Waals surface area contributed by atoms with Crippen molar-refractivity contribution in [1.82, 2.24) is 4.98 Å². The Labute approximate surface area is 209 Å². The number of piperidine rings is 1. The molecule has 0 amide bonds. The van der Waals surface area contributed by atoms with Crippen LogP contribution in [-0.2, 0) is 9.53 Å². The third-order valence-corrected chi connectivity index (χ3v) is 7.28. The number of pyridine rings is 1. The van der Waals surface area contributed by atoms with Crippen molar-refractivity contribution in [2.75, 3.05) is 43.7 Å². The monoisotopic (exact) mass is 507 g/mol. The first-order valence-electron chi connectivity index (χ1n) is 11.7. The molecule has 8 nitrogen and oxygen atoms in total. The molecule has 1 aromatic heterocycles. The van der Waals surface area contributed by atoms with Crippen LogP contribution < -0.4 is 19.3 Å². The summed E-state index contributed by atoms with van der Waals surface area (Å²) in [5.74, 6) is -0.422. The zero-order chi connectivity index (χ0) is 25.1. The van der Waals surface area contributed by atoms with Crippen LogP contribution in [0.15, 0.2) is 30.5 Å². The topological polar surface area (TPSA) is 84.4 Å². The van der Waals surface area contributed by atoms with Crippen LogP contribution in [0, 0.1) is 11.7 Å². The van der Waals surface area contributed by atoms with Gasteiger partial charge in [0.1, 0.15) is 17.7 Å². The van der Waals surface area contributed by atoms with E-state index in [4.69, 9.17) is 25.8 Å². The van der Waals surface area contributed by atoms with Gasteiger partial charge in [0, 0.05) is 63.7 Å². The third-order valence-electron chi connectivity index (χ3n) is 6.99. The first kappa shape index (κ1) is 25.3. The summed E-state index contributed by atoms with van der Waals surface area (Å²) in [6.07, 6.45) is 2.80. The molecule has 0 spiro atoms. The summed E-state index contributed by atoms with van der Waals surface area (Å²) >= 11 is 6.33. The number of nitrogens with zero attached hydrogens (tertiary/aromatic N) is 3. The predicted octanol–water partition coefficient (Wildman–Crippen LogP) is 4.24. The number of hydrogen-bond acceptors (Lipinski definition) is 7. The second kappa shape index (κ2) is 10.9. The van der Waals surface area contributed by atoms with E-state index >= 15 is 4.39 Å². The van der Waals surface area contributed by atoms with Gasteiger partial charge in [-0.05, 0) is 12.1 Å². The van der Waals surface area contributed by atoms with Crippen molar-refractivity contribution in [3.63, 3.8) is 0 Å². The largest absolute Gasteiger partial charge is 0.490 e. The Morgan fingerprint density at radius 1 is 1.23 bits per heavy atom. The van der Waals surface area contributed by atoms with E-state index in [0.717, 1.165) is 31.6 Å². The quantitative estimate of drug-likeness (QED) is 0.568. The maximum Gasteiger partial charge on any atom is 0.305 e. The van der Waals surface area contributed by atoms with Crippen LogP contribution in [0.3, 0.4) is 0 Å². The number of ether oxygens (including phenoxy) is 3. The van der Waals surface area contributed by atoms with E-state index in [1.165, 1.54) is 6.07 Å². The molecule has 0 aliphatic carbocycles. The average molecular weight is 508 g/mol. The standard InChI is InChI=1S/C25H31ClFN3O5/c1-15-21(12-25(31)32)30(14-23(15)33-2)20-5-4-17(10-19(20)27)35-16-6-8-29(9-7-16)22-11-24(34-3)28-13-18(22)26/h4-5,10-11,13,15-16,21,23H,6-9,12,14H2,1-3H3,(H,31,32)/t15-,21-,23-/m0/s1. The molecule has 10 heteroatoms. The lowest BCUT2D eigenvalue weighted by Crippen LogP contribution is -2.38. The summed E-state index contributed by atoms with van der Waals surface area (Å²) in [6.45, 7) is 3.85. The number of aliphatic carboxylic acids is 1. The van der Waals surface area contributed by atoms with Crippen molar-refractivity contribution in [1.29, 1.82) is 0 Å². The first-order chi connectivity index (χ1) is 16.8. The summed E-state index contributed by atoms with van der Waals surface area (Å²) in [5.41, 5.74) is 1.24. The molecule has 1 N–H and O–H groups in total. The molecule has 3 heterocycles. The minimum Gasteiger partial charge on any atom is -0.490 e. The van der Waals surface area contributed by atoms with Crippen LogP contribution in [0.1, 0.15) is 26.2 Å². The van der Waals surface area contributed by atoms with Crippen molar-refractivity contribution < 1.29 is 28.5 Å². The van der Waals surface area contributed by atoms with Gasteiger partial charge < -0.3 is 29.1 Å². The van der Waals surface area contributed by atoms with Crippen molar-refractivity contribution in [2.24, 2.45) is 5.92 Å². The Bertz CT molecular complexity index is 1050. The Hall–Kier alpha value is -2.78. The number of methoxy groups -OCH3 is 2. The molecular weight excluding hydrogens is 477 g/mol. The van der Waals surface area contributed by atoms with Crippen LogP contribution in [0.2, 0.25) is 5.02 Å². The molecule has 35 heavy (non-hydrogen) atoms. The lowest BCUT2D eigenvalue weighted by molar-refractivity contribution is -0.137. The minimum atomic E-state index is -0.915. The fraction of sp³-hybridized carbons (Fsp3) is 0.520. The van der Waals surface area contributed by atoms with E-state index in [1.54, 1.807) is 37.4 Å². The van der Waals surface area contributed by atoms with Crippen LogP contribution in [0.4, 0.5) is 15.8 Å². The summed E-state index contributed by atoms with van der Waals surface area (Å²) in [6, 6.07) is 6.28. The van der Waals surface area contributed by atoms with E-state index < -0.39 is 11.8 Å². The minimum absolute atomic E-state index is 0.0366. The summed E-state index contributed by atoms with van der Waals surface area (Å²) < 4.78 is 32.0. The molecule has 2 aliphatic heterocycles. The number of anilines is 2. The molecule has 2 fully saturated rings. The van der Waals surface area contributed by atoms with Gasteiger partial charge in [-0.3, -0.25) is 4.79 Å². The van der Waals surface area contributed by atoms with Crippen molar-refractivity contribution in [3.8, 4) is 11.6 Å². The average Bonchev–Trinajstić information content (AvgIpc) is 3.14. The number of carboxylic acid groups (broad SMARTS) is 1. The van der Waals surface area contributed by atoms with Gasteiger partial charge in [0.2, 0.25) is 5.88 Å². The van der Waals surface area contributed by atoms with Gasteiger partial charge in [-0.25, -0.2) is 9.37 Å². The van der Waals surface area contributed by atoms with Gasteiger partial charge in [0.25, 0.3) is 0 Å². The molecule has 1 aromatic carbocycles. The van der Waals surface area contributed by atoms with E-state index in [2.05, 4.69) is 9.88 Å². The highest BCUT2D eigenvalue weighted by molar-refractivity contribution is 6.33. The maximum absolute atomic E-state index is 15.2. The van der Waals surface area contributed by atoms with E-state index in [0.29, 0.717) is 28.9 Å². The zero-order valence-electron chi connectivity index (χ0n) is 20.1. The highest BCUT2D eigenvalue weighted by atomic mass is 35.5. The molecular formula is C25H31ClFN3O5. The Kier molecular flexibility index (Phi) is 7.86.